The molecule has 1 saturated carbocycles. The SMILES string of the molecule is CCN(C(=O)Cn1cccc(CN)c1=O)C1CC1. The van der Waals surface area contributed by atoms with Gasteiger partial charge >= 0.3 is 0 Å². The molecule has 1 aromatic rings. The second-order valence-corrected chi connectivity index (χ2v) is 4.58. The van der Waals surface area contributed by atoms with Crippen LogP contribution in [0.4, 0.5) is 0 Å². The maximum atomic E-state index is 12.1. The van der Waals surface area contributed by atoms with Gasteiger partial charge in [-0.1, -0.05) is 6.07 Å². The van der Waals surface area contributed by atoms with Gasteiger partial charge in [0, 0.05) is 30.9 Å². The number of pyridine rings is 1. The third-order valence-corrected chi connectivity index (χ3v) is 3.27. The van der Waals surface area contributed by atoms with Gasteiger partial charge in [0.05, 0.1) is 0 Å². The van der Waals surface area contributed by atoms with Gasteiger partial charge < -0.3 is 15.2 Å². The molecule has 5 heteroatoms. The molecule has 0 bridgehead atoms. The molecule has 1 aliphatic carbocycles. The van der Waals surface area contributed by atoms with Crippen molar-refractivity contribution in [1.82, 2.24) is 9.47 Å². The van der Waals surface area contributed by atoms with E-state index in [0.717, 1.165) is 12.8 Å². The summed E-state index contributed by atoms with van der Waals surface area (Å²) in [7, 11) is 0. The Balaban J connectivity index is 2.13. The molecule has 0 saturated heterocycles. The van der Waals surface area contributed by atoms with E-state index in [1.54, 1.807) is 18.3 Å². The van der Waals surface area contributed by atoms with Gasteiger partial charge in [0.15, 0.2) is 0 Å². The lowest BCUT2D eigenvalue weighted by molar-refractivity contribution is -0.132. The highest BCUT2D eigenvalue weighted by atomic mass is 16.2. The number of rotatable bonds is 5. The molecule has 18 heavy (non-hydrogen) atoms. The molecular weight excluding hydrogens is 230 g/mol. The molecule has 2 rings (SSSR count). The van der Waals surface area contributed by atoms with Crippen molar-refractivity contribution >= 4 is 5.91 Å². The van der Waals surface area contributed by atoms with Crippen LogP contribution in [-0.2, 0) is 17.9 Å². The van der Waals surface area contributed by atoms with E-state index in [0.29, 0.717) is 18.2 Å². The van der Waals surface area contributed by atoms with Crippen LogP contribution in [0.2, 0.25) is 0 Å². The van der Waals surface area contributed by atoms with Crippen molar-refractivity contribution in [3.8, 4) is 0 Å². The largest absolute Gasteiger partial charge is 0.338 e. The summed E-state index contributed by atoms with van der Waals surface area (Å²) in [4.78, 5) is 25.9. The molecule has 1 aliphatic rings. The Bertz CT molecular complexity index is 491. The molecule has 0 unspecified atom stereocenters. The first-order valence-corrected chi connectivity index (χ1v) is 6.35. The highest BCUT2D eigenvalue weighted by Gasteiger charge is 2.31. The van der Waals surface area contributed by atoms with Crippen molar-refractivity contribution in [1.29, 1.82) is 0 Å². The number of carbonyl (C=O) groups excluding carboxylic acids is 1. The summed E-state index contributed by atoms with van der Waals surface area (Å²) in [6, 6.07) is 3.84. The number of nitrogens with zero attached hydrogens (tertiary/aromatic N) is 2. The number of nitrogens with two attached hydrogens (primary N) is 1. The Labute approximate surface area is 106 Å². The second kappa shape index (κ2) is 5.35. The van der Waals surface area contributed by atoms with E-state index in [2.05, 4.69) is 0 Å². The summed E-state index contributed by atoms with van der Waals surface area (Å²) < 4.78 is 1.44. The average molecular weight is 249 g/mol. The summed E-state index contributed by atoms with van der Waals surface area (Å²) in [6.45, 7) is 2.98. The van der Waals surface area contributed by atoms with Crippen LogP contribution >= 0.6 is 0 Å². The van der Waals surface area contributed by atoms with E-state index in [1.807, 2.05) is 11.8 Å². The molecule has 1 amide bonds. The fraction of sp³-hybridized carbons (Fsp3) is 0.538. The maximum absolute atomic E-state index is 12.1. The number of amides is 1. The van der Waals surface area contributed by atoms with E-state index in [9.17, 15) is 9.59 Å². The van der Waals surface area contributed by atoms with Gasteiger partial charge in [0.1, 0.15) is 6.54 Å². The molecule has 0 aliphatic heterocycles. The van der Waals surface area contributed by atoms with Crippen LogP contribution in [0.3, 0.4) is 0 Å². The molecular formula is C13H19N3O2. The van der Waals surface area contributed by atoms with Crippen LogP contribution in [-0.4, -0.2) is 28.0 Å². The number of aromatic nitrogens is 1. The predicted molar refractivity (Wildman–Crippen MR) is 69.0 cm³/mol. The van der Waals surface area contributed by atoms with Crippen LogP contribution in [0.25, 0.3) is 0 Å². The fourth-order valence-electron chi connectivity index (χ4n) is 2.13. The third-order valence-electron chi connectivity index (χ3n) is 3.27. The monoisotopic (exact) mass is 249 g/mol. The molecule has 1 aromatic heterocycles. The van der Waals surface area contributed by atoms with Gasteiger partial charge in [0.25, 0.3) is 5.56 Å². The molecule has 0 aromatic carbocycles. The minimum Gasteiger partial charge on any atom is -0.338 e. The zero-order valence-corrected chi connectivity index (χ0v) is 10.6. The molecule has 5 nitrogen and oxygen atoms in total. The average Bonchev–Trinajstić information content (AvgIpc) is 3.17. The quantitative estimate of drug-likeness (QED) is 0.817. The number of carbonyl (C=O) groups is 1. The molecule has 1 fully saturated rings. The predicted octanol–water partition coefficient (Wildman–Crippen LogP) is 0.318. The minimum absolute atomic E-state index is 0.0104. The van der Waals surface area contributed by atoms with Crippen LogP contribution in [0.1, 0.15) is 25.3 Å². The zero-order valence-electron chi connectivity index (χ0n) is 10.6. The number of likely N-dealkylation sites (N-methyl/N-ethyl adjacent to an activating group) is 1. The van der Waals surface area contributed by atoms with E-state index >= 15 is 0 Å². The summed E-state index contributed by atoms with van der Waals surface area (Å²) >= 11 is 0. The Hall–Kier alpha value is -1.62. The summed E-state index contributed by atoms with van der Waals surface area (Å²) in [6.07, 6.45) is 3.80. The zero-order chi connectivity index (χ0) is 13.1. The first-order chi connectivity index (χ1) is 8.67. The van der Waals surface area contributed by atoms with E-state index < -0.39 is 0 Å². The van der Waals surface area contributed by atoms with E-state index in [4.69, 9.17) is 5.73 Å². The van der Waals surface area contributed by atoms with Crippen molar-refractivity contribution in [3.63, 3.8) is 0 Å². The summed E-state index contributed by atoms with van der Waals surface area (Å²) in [5, 5.41) is 0. The van der Waals surface area contributed by atoms with Gasteiger partial charge in [-0.25, -0.2) is 0 Å². The van der Waals surface area contributed by atoms with Crippen LogP contribution < -0.4 is 11.3 Å². The third kappa shape index (κ3) is 2.61. The molecule has 0 atom stereocenters. The molecule has 0 spiro atoms. The van der Waals surface area contributed by atoms with E-state index in [-0.39, 0.29) is 24.6 Å². The first kappa shape index (κ1) is 12.8. The molecule has 98 valence electrons. The van der Waals surface area contributed by atoms with Crippen molar-refractivity contribution in [3.05, 3.63) is 34.2 Å². The molecule has 0 radical (unpaired) electrons. The minimum atomic E-state index is -0.166. The number of hydrogen-bond acceptors (Lipinski definition) is 3. The van der Waals surface area contributed by atoms with Gasteiger partial charge in [-0.2, -0.15) is 0 Å². The summed E-state index contributed by atoms with van der Waals surface area (Å²) in [5.41, 5.74) is 5.86. The van der Waals surface area contributed by atoms with Crippen molar-refractivity contribution in [2.45, 2.75) is 38.9 Å². The molecule has 2 N–H and O–H groups in total. The van der Waals surface area contributed by atoms with Crippen molar-refractivity contribution < 1.29 is 4.79 Å². The normalized spacial score (nSPS) is 14.6. The lowest BCUT2D eigenvalue weighted by Gasteiger charge is -2.20. The van der Waals surface area contributed by atoms with Crippen LogP contribution in [0.5, 0.6) is 0 Å². The van der Waals surface area contributed by atoms with Gasteiger partial charge in [0.2, 0.25) is 5.91 Å². The molecule has 1 heterocycles. The fourth-order valence-corrected chi connectivity index (χ4v) is 2.13. The smallest absolute Gasteiger partial charge is 0.255 e. The topological polar surface area (TPSA) is 68.3 Å². The highest BCUT2D eigenvalue weighted by Crippen LogP contribution is 2.26. The van der Waals surface area contributed by atoms with Gasteiger partial charge in [-0.15, -0.1) is 0 Å². The van der Waals surface area contributed by atoms with Crippen molar-refractivity contribution in [2.75, 3.05) is 6.54 Å². The highest BCUT2D eigenvalue weighted by molar-refractivity contribution is 5.76. The lowest BCUT2D eigenvalue weighted by atomic mass is 10.3. The summed E-state index contributed by atoms with van der Waals surface area (Å²) in [5.74, 6) is 0.0104. The van der Waals surface area contributed by atoms with Crippen LogP contribution in [0, 0.1) is 0 Å². The Morgan fingerprint density at radius 2 is 2.28 bits per heavy atom. The Morgan fingerprint density at radius 3 is 2.83 bits per heavy atom. The Morgan fingerprint density at radius 1 is 1.56 bits per heavy atom. The van der Waals surface area contributed by atoms with Crippen LogP contribution in [0.15, 0.2) is 23.1 Å². The Kier molecular flexibility index (Phi) is 3.81. The van der Waals surface area contributed by atoms with Gasteiger partial charge in [-0.05, 0) is 25.8 Å². The number of hydrogen-bond donors (Lipinski definition) is 1. The first-order valence-electron chi connectivity index (χ1n) is 6.35. The second-order valence-electron chi connectivity index (χ2n) is 4.58. The maximum Gasteiger partial charge on any atom is 0.255 e. The van der Waals surface area contributed by atoms with E-state index in [1.165, 1.54) is 4.57 Å². The lowest BCUT2D eigenvalue weighted by Crippen LogP contribution is -2.38. The van der Waals surface area contributed by atoms with Gasteiger partial charge in [-0.3, -0.25) is 9.59 Å². The van der Waals surface area contributed by atoms with Crippen molar-refractivity contribution in [2.24, 2.45) is 5.73 Å². The standard InChI is InChI=1S/C13H19N3O2/c1-2-16(11-5-6-11)12(17)9-15-7-3-4-10(8-14)13(15)18/h3-4,7,11H,2,5-6,8-9,14H2,1H3.